The summed E-state index contributed by atoms with van der Waals surface area (Å²) in [7, 11) is 0. The van der Waals surface area contributed by atoms with E-state index in [-0.39, 0.29) is 10.6 Å². The minimum atomic E-state index is -2.14. The number of nitrogen functional groups attached to an aromatic ring is 1. The number of anilines is 1. The Labute approximate surface area is 111 Å². The lowest BCUT2D eigenvalue weighted by molar-refractivity contribution is 0.564. The minimum absolute atomic E-state index is 0.152. The lowest BCUT2D eigenvalue weighted by Crippen LogP contribution is -2.02. The zero-order valence-electron chi connectivity index (χ0n) is 9.72. The molecule has 6 nitrogen and oxygen atoms in total. The Balaban J connectivity index is 2.16. The van der Waals surface area contributed by atoms with Crippen LogP contribution in [0, 0.1) is 0 Å². The van der Waals surface area contributed by atoms with Crippen molar-refractivity contribution in [3.05, 3.63) is 42.5 Å². The van der Waals surface area contributed by atoms with Crippen molar-refractivity contribution < 1.29 is 8.76 Å². The largest absolute Gasteiger partial charge is 0.398 e. The molecule has 3 N–H and O–H groups in total. The van der Waals surface area contributed by atoms with Crippen molar-refractivity contribution in [1.29, 1.82) is 0 Å². The molecular weight excluding hydrogens is 264 g/mol. The van der Waals surface area contributed by atoms with Gasteiger partial charge in [0.15, 0.2) is 11.1 Å². The van der Waals surface area contributed by atoms with Gasteiger partial charge in [0.05, 0.1) is 16.3 Å². The number of fused-ring (bicyclic) bond motifs is 1. The first-order valence-corrected chi connectivity index (χ1v) is 6.58. The van der Waals surface area contributed by atoms with E-state index in [1.807, 2.05) is 24.3 Å². The predicted molar refractivity (Wildman–Crippen MR) is 72.3 cm³/mol. The van der Waals surface area contributed by atoms with Gasteiger partial charge in [-0.2, -0.15) is 4.80 Å². The third-order valence-electron chi connectivity index (χ3n) is 2.70. The van der Waals surface area contributed by atoms with Gasteiger partial charge >= 0.3 is 0 Å². The highest BCUT2D eigenvalue weighted by molar-refractivity contribution is 7.79. The summed E-state index contributed by atoms with van der Waals surface area (Å²) in [5.41, 5.74) is 8.00. The second-order valence-corrected chi connectivity index (χ2v) is 4.89. The van der Waals surface area contributed by atoms with Gasteiger partial charge in [0.1, 0.15) is 11.0 Å². The zero-order chi connectivity index (χ0) is 13.4. The fraction of sp³-hybridized carbons (Fsp3) is 0. The van der Waals surface area contributed by atoms with Crippen LogP contribution in [0.15, 0.2) is 47.4 Å². The summed E-state index contributed by atoms with van der Waals surface area (Å²) in [6, 6.07) is 12.2. The molecule has 19 heavy (non-hydrogen) atoms. The number of hydrogen-bond acceptors (Lipinski definition) is 4. The molecule has 0 aliphatic heterocycles. The zero-order valence-corrected chi connectivity index (χ0v) is 10.5. The molecule has 3 aromatic rings. The van der Waals surface area contributed by atoms with E-state index in [1.165, 1.54) is 10.9 Å². The molecule has 3 rings (SSSR count). The second-order valence-electron chi connectivity index (χ2n) is 3.95. The number of benzene rings is 2. The molecule has 0 amide bonds. The van der Waals surface area contributed by atoms with E-state index >= 15 is 0 Å². The normalized spacial score (nSPS) is 12.7. The molecule has 0 bridgehead atoms. The Kier molecular flexibility index (Phi) is 2.77. The van der Waals surface area contributed by atoms with Crippen LogP contribution in [0.5, 0.6) is 0 Å². The Morgan fingerprint density at radius 2 is 1.74 bits per heavy atom. The van der Waals surface area contributed by atoms with E-state index in [2.05, 4.69) is 10.2 Å². The van der Waals surface area contributed by atoms with Crippen LogP contribution in [-0.2, 0) is 11.1 Å². The summed E-state index contributed by atoms with van der Waals surface area (Å²) in [4.78, 5) is 1.57. The average molecular weight is 274 g/mol. The molecule has 0 saturated carbocycles. The molecule has 0 spiro atoms. The molecule has 0 fully saturated rings. The van der Waals surface area contributed by atoms with Gasteiger partial charge in [-0.15, -0.1) is 10.2 Å². The Morgan fingerprint density at radius 3 is 2.32 bits per heavy atom. The first-order chi connectivity index (χ1) is 9.15. The van der Waals surface area contributed by atoms with Crippen LogP contribution in [0.2, 0.25) is 0 Å². The summed E-state index contributed by atoms with van der Waals surface area (Å²) < 4.78 is 20.3. The van der Waals surface area contributed by atoms with Crippen molar-refractivity contribution in [3.63, 3.8) is 0 Å². The highest BCUT2D eigenvalue weighted by atomic mass is 32.2. The monoisotopic (exact) mass is 274 g/mol. The first-order valence-electron chi connectivity index (χ1n) is 5.48. The summed E-state index contributed by atoms with van der Waals surface area (Å²) in [5.74, 6) is 0. The number of nitrogens with two attached hydrogens (primary N) is 1. The molecular formula is C12H10N4O2S. The molecule has 1 unspecified atom stereocenters. The maximum absolute atomic E-state index is 11.2. The van der Waals surface area contributed by atoms with Gasteiger partial charge in [-0.1, -0.05) is 12.1 Å². The van der Waals surface area contributed by atoms with E-state index in [1.54, 1.807) is 12.1 Å². The van der Waals surface area contributed by atoms with Gasteiger partial charge in [0, 0.05) is 0 Å². The van der Waals surface area contributed by atoms with E-state index in [0.29, 0.717) is 5.69 Å². The topological polar surface area (TPSA) is 94.0 Å². The molecule has 1 heterocycles. The number of nitrogens with zero attached hydrogens (tertiary/aromatic N) is 3. The van der Waals surface area contributed by atoms with Crippen LogP contribution < -0.4 is 5.73 Å². The van der Waals surface area contributed by atoms with Gasteiger partial charge in [-0.25, -0.2) is 4.21 Å². The SMILES string of the molecule is Nc1ccc(-n2nc3ccccc3n2)cc1S(=O)O. The van der Waals surface area contributed by atoms with Crippen LogP contribution >= 0.6 is 0 Å². The average Bonchev–Trinajstić information content (AvgIpc) is 2.82. The Morgan fingerprint density at radius 1 is 1.11 bits per heavy atom. The minimum Gasteiger partial charge on any atom is -0.398 e. The Hall–Kier alpha value is -2.25. The van der Waals surface area contributed by atoms with Crippen molar-refractivity contribution in [2.75, 3.05) is 5.73 Å². The van der Waals surface area contributed by atoms with E-state index in [9.17, 15) is 4.21 Å². The molecule has 2 aromatic carbocycles. The van der Waals surface area contributed by atoms with E-state index in [4.69, 9.17) is 10.3 Å². The quantitative estimate of drug-likeness (QED) is 0.546. The molecule has 0 saturated heterocycles. The maximum atomic E-state index is 11.2. The molecule has 96 valence electrons. The summed E-state index contributed by atoms with van der Waals surface area (Å²) >= 11 is -2.14. The molecule has 0 aliphatic rings. The van der Waals surface area contributed by atoms with Crippen molar-refractivity contribution in [2.45, 2.75) is 4.90 Å². The fourth-order valence-electron chi connectivity index (χ4n) is 1.77. The second kappa shape index (κ2) is 4.45. The van der Waals surface area contributed by atoms with Crippen LogP contribution in [0.4, 0.5) is 5.69 Å². The summed E-state index contributed by atoms with van der Waals surface area (Å²) in [6.45, 7) is 0. The summed E-state index contributed by atoms with van der Waals surface area (Å²) in [5, 5.41) is 8.59. The van der Waals surface area contributed by atoms with Crippen molar-refractivity contribution in [1.82, 2.24) is 15.0 Å². The fourth-order valence-corrected chi connectivity index (χ4v) is 2.27. The summed E-state index contributed by atoms with van der Waals surface area (Å²) in [6.07, 6.45) is 0. The number of hydrogen-bond donors (Lipinski definition) is 2. The molecule has 1 atom stereocenters. The van der Waals surface area contributed by atoms with E-state index in [0.717, 1.165) is 11.0 Å². The molecule has 7 heteroatoms. The lowest BCUT2D eigenvalue weighted by Gasteiger charge is -2.04. The van der Waals surface area contributed by atoms with Crippen LogP contribution in [0.1, 0.15) is 0 Å². The van der Waals surface area contributed by atoms with E-state index < -0.39 is 11.1 Å². The van der Waals surface area contributed by atoms with Gasteiger partial charge in [-0.05, 0) is 30.3 Å². The van der Waals surface area contributed by atoms with Gasteiger partial charge < -0.3 is 10.3 Å². The van der Waals surface area contributed by atoms with Crippen LogP contribution in [0.25, 0.3) is 16.7 Å². The van der Waals surface area contributed by atoms with Gasteiger partial charge in [-0.3, -0.25) is 0 Å². The predicted octanol–water partition coefficient (Wildman–Crippen LogP) is 1.58. The first kappa shape index (κ1) is 11.8. The third kappa shape index (κ3) is 2.09. The maximum Gasteiger partial charge on any atom is 0.188 e. The standard InChI is InChI=1S/C12H10N4O2S/c13-9-6-5-8(7-12(9)19(17)18)16-14-10-3-1-2-4-11(10)15-16/h1-7H,13H2,(H,17,18). The molecule has 0 radical (unpaired) electrons. The third-order valence-corrected chi connectivity index (χ3v) is 3.43. The molecule has 1 aromatic heterocycles. The highest BCUT2D eigenvalue weighted by Gasteiger charge is 2.10. The van der Waals surface area contributed by atoms with Crippen molar-refractivity contribution >= 4 is 27.8 Å². The Bertz CT molecular complexity index is 751. The lowest BCUT2D eigenvalue weighted by atomic mass is 10.3. The van der Waals surface area contributed by atoms with Crippen molar-refractivity contribution in [2.24, 2.45) is 0 Å². The van der Waals surface area contributed by atoms with Crippen LogP contribution in [0.3, 0.4) is 0 Å². The van der Waals surface area contributed by atoms with Gasteiger partial charge in [0.25, 0.3) is 0 Å². The van der Waals surface area contributed by atoms with Crippen LogP contribution in [-0.4, -0.2) is 23.8 Å². The van der Waals surface area contributed by atoms with Gasteiger partial charge in [0.2, 0.25) is 0 Å². The molecule has 0 aliphatic carbocycles. The smallest absolute Gasteiger partial charge is 0.188 e. The number of aromatic nitrogens is 3. The number of rotatable bonds is 2. The highest BCUT2D eigenvalue weighted by Crippen LogP contribution is 2.20. The van der Waals surface area contributed by atoms with Crippen molar-refractivity contribution in [3.8, 4) is 5.69 Å².